The van der Waals surface area contributed by atoms with Crippen LogP contribution in [0.3, 0.4) is 0 Å². The summed E-state index contributed by atoms with van der Waals surface area (Å²) < 4.78 is 43.6. The number of anilines is 1. The first-order chi connectivity index (χ1) is 12.8. The van der Waals surface area contributed by atoms with Crippen molar-refractivity contribution in [3.05, 3.63) is 53.2 Å². The van der Waals surface area contributed by atoms with E-state index in [4.69, 9.17) is 4.74 Å². The molecule has 0 bridgehead atoms. The molecule has 0 fully saturated rings. The summed E-state index contributed by atoms with van der Waals surface area (Å²) in [6.45, 7) is 2.23. The van der Waals surface area contributed by atoms with Crippen LogP contribution in [0.2, 0.25) is 0 Å². The minimum absolute atomic E-state index is 0.0247. The molecular formula is C18H19F3N4O2. The average molecular weight is 380 g/mol. The Balaban J connectivity index is 2.14. The molecule has 0 radical (unpaired) electrons. The van der Waals surface area contributed by atoms with Crippen LogP contribution in [0.1, 0.15) is 35.0 Å². The van der Waals surface area contributed by atoms with Gasteiger partial charge in [-0.25, -0.2) is 10.4 Å². The van der Waals surface area contributed by atoms with Crippen LogP contribution in [0, 0.1) is 0 Å². The van der Waals surface area contributed by atoms with Crippen molar-refractivity contribution in [2.24, 2.45) is 5.10 Å². The monoisotopic (exact) mass is 380 g/mol. The largest absolute Gasteiger partial charge is 0.497 e. The van der Waals surface area contributed by atoms with Crippen molar-refractivity contribution >= 4 is 17.9 Å². The van der Waals surface area contributed by atoms with E-state index in [1.54, 1.807) is 31.4 Å². The molecule has 0 aliphatic carbocycles. The van der Waals surface area contributed by atoms with E-state index in [0.717, 1.165) is 12.1 Å². The number of methoxy groups -OCH3 is 1. The van der Waals surface area contributed by atoms with Gasteiger partial charge in [0, 0.05) is 6.54 Å². The molecule has 0 unspecified atom stereocenters. The van der Waals surface area contributed by atoms with Crippen molar-refractivity contribution < 1.29 is 22.7 Å². The van der Waals surface area contributed by atoms with E-state index >= 15 is 0 Å². The van der Waals surface area contributed by atoms with Gasteiger partial charge in [0.2, 0.25) is 0 Å². The zero-order chi connectivity index (χ0) is 19.9. The Morgan fingerprint density at radius 1 is 1.22 bits per heavy atom. The summed E-state index contributed by atoms with van der Waals surface area (Å²) in [6, 6.07) is 8.78. The Morgan fingerprint density at radius 2 is 1.93 bits per heavy atom. The maximum atomic E-state index is 12.8. The molecule has 1 heterocycles. The molecule has 0 saturated carbocycles. The topological polar surface area (TPSA) is 75.6 Å². The van der Waals surface area contributed by atoms with Gasteiger partial charge >= 0.3 is 6.18 Å². The quantitative estimate of drug-likeness (QED) is 0.567. The molecule has 0 aliphatic heterocycles. The number of ether oxygens (including phenoxy) is 1. The lowest BCUT2D eigenvalue weighted by atomic mass is 10.2. The van der Waals surface area contributed by atoms with Crippen LogP contribution in [-0.2, 0) is 6.18 Å². The van der Waals surface area contributed by atoms with E-state index in [0.29, 0.717) is 24.3 Å². The number of halogens is 3. The lowest BCUT2D eigenvalue weighted by molar-refractivity contribution is -0.141. The van der Waals surface area contributed by atoms with Gasteiger partial charge in [0.1, 0.15) is 17.3 Å². The van der Waals surface area contributed by atoms with Crippen LogP contribution >= 0.6 is 0 Å². The zero-order valence-corrected chi connectivity index (χ0v) is 14.8. The van der Waals surface area contributed by atoms with Gasteiger partial charge < -0.3 is 10.1 Å². The van der Waals surface area contributed by atoms with Crippen molar-refractivity contribution in [3.8, 4) is 5.75 Å². The highest BCUT2D eigenvalue weighted by molar-refractivity contribution is 5.99. The highest BCUT2D eigenvalue weighted by Gasteiger charge is 2.33. The van der Waals surface area contributed by atoms with Crippen LogP contribution < -0.4 is 15.5 Å². The second kappa shape index (κ2) is 9.02. The van der Waals surface area contributed by atoms with E-state index < -0.39 is 17.8 Å². The van der Waals surface area contributed by atoms with Crippen molar-refractivity contribution in [1.82, 2.24) is 10.4 Å². The van der Waals surface area contributed by atoms with Crippen molar-refractivity contribution in [3.63, 3.8) is 0 Å². The molecule has 2 rings (SSSR count). The molecule has 1 aromatic carbocycles. The molecule has 144 valence electrons. The third-order valence-corrected chi connectivity index (χ3v) is 3.47. The fourth-order valence-electron chi connectivity index (χ4n) is 2.09. The highest BCUT2D eigenvalue weighted by atomic mass is 19.4. The van der Waals surface area contributed by atoms with Crippen LogP contribution in [0.4, 0.5) is 19.0 Å². The minimum atomic E-state index is -4.59. The van der Waals surface area contributed by atoms with Gasteiger partial charge in [0.25, 0.3) is 5.91 Å². The molecule has 9 heteroatoms. The van der Waals surface area contributed by atoms with Crippen molar-refractivity contribution in [2.75, 3.05) is 19.0 Å². The summed E-state index contributed by atoms with van der Waals surface area (Å²) in [5.74, 6) is -0.123. The van der Waals surface area contributed by atoms with E-state index in [2.05, 4.69) is 20.8 Å². The molecule has 0 atom stereocenters. The molecule has 0 saturated heterocycles. The first-order valence-corrected chi connectivity index (χ1v) is 8.14. The molecule has 6 nitrogen and oxygen atoms in total. The van der Waals surface area contributed by atoms with Crippen molar-refractivity contribution in [1.29, 1.82) is 0 Å². The number of amides is 1. The van der Waals surface area contributed by atoms with E-state index in [1.165, 1.54) is 6.21 Å². The standard InChI is InChI=1S/C18H19F3N4O2/c1-3-10-22-16-14(8-9-15(24-16)18(19,20)21)17(26)25-23-11-12-4-6-13(27-2)7-5-12/h4-9,11H,3,10H2,1-2H3,(H,22,24)(H,25,26)/b23-11+. The highest BCUT2D eigenvalue weighted by Crippen LogP contribution is 2.29. The summed E-state index contributed by atoms with van der Waals surface area (Å²) in [7, 11) is 1.55. The predicted molar refractivity (Wildman–Crippen MR) is 96.1 cm³/mol. The summed E-state index contributed by atoms with van der Waals surface area (Å²) in [4.78, 5) is 15.8. The molecule has 2 aromatic rings. The Labute approximate surface area is 154 Å². The fraction of sp³-hybridized carbons (Fsp3) is 0.278. The van der Waals surface area contributed by atoms with E-state index in [9.17, 15) is 18.0 Å². The number of nitrogens with zero attached hydrogens (tertiary/aromatic N) is 2. The van der Waals surface area contributed by atoms with Gasteiger partial charge in [-0.1, -0.05) is 6.92 Å². The Bertz CT molecular complexity index is 805. The van der Waals surface area contributed by atoms with E-state index in [1.807, 2.05) is 6.92 Å². The van der Waals surface area contributed by atoms with Gasteiger partial charge in [-0.2, -0.15) is 18.3 Å². The summed E-state index contributed by atoms with van der Waals surface area (Å²) in [5.41, 5.74) is 1.91. The summed E-state index contributed by atoms with van der Waals surface area (Å²) >= 11 is 0. The SMILES string of the molecule is CCCNc1nc(C(F)(F)F)ccc1C(=O)N/N=C/c1ccc(OC)cc1. The molecular weight excluding hydrogens is 361 g/mol. The number of pyridine rings is 1. The van der Waals surface area contributed by atoms with Gasteiger partial charge in [0.05, 0.1) is 18.9 Å². The Kier molecular flexibility index (Phi) is 6.75. The van der Waals surface area contributed by atoms with Crippen molar-refractivity contribution in [2.45, 2.75) is 19.5 Å². The lowest BCUT2D eigenvalue weighted by Gasteiger charge is -2.12. The smallest absolute Gasteiger partial charge is 0.433 e. The van der Waals surface area contributed by atoms with Gasteiger partial charge in [-0.15, -0.1) is 0 Å². The number of carbonyl (C=O) groups excluding carboxylic acids is 1. The number of nitrogens with one attached hydrogen (secondary N) is 2. The first kappa shape index (κ1) is 20.2. The van der Waals surface area contributed by atoms with Gasteiger partial charge in [-0.3, -0.25) is 4.79 Å². The number of hydrogen-bond donors (Lipinski definition) is 2. The van der Waals surface area contributed by atoms with Crippen LogP contribution in [0.25, 0.3) is 0 Å². The maximum Gasteiger partial charge on any atom is 0.433 e. The van der Waals surface area contributed by atoms with Gasteiger partial charge in [0.15, 0.2) is 0 Å². The number of alkyl halides is 3. The molecule has 0 spiro atoms. The first-order valence-electron chi connectivity index (χ1n) is 8.14. The van der Waals surface area contributed by atoms with Crippen LogP contribution in [0.15, 0.2) is 41.5 Å². The van der Waals surface area contributed by atoms with Gasteiger partial charge in [-0.05, 0) is 48.4 Å². The predicted octanol–water partition coefficient (Wildman–Crippen LogP) is 3.69. The second-order valence-corrected chi connectivity index (χ2v) is 5.49. The molecule has 0 aliphatic rings. The lowest BCUT2D eigenvalue weighted by Crippen LogP contribution is -2.21. The van der Waals surface area contributed by atoms with E-state index in [-0.39, 0.29) is 11.4 Å². The molecule has 1 aromatic heterocycles. The number of benzene rings is 1. The number of aromatic nitrogens is 1. The fourth-order valence-corrected chi connectivity index (χ4v) is 2.09. The number of rotatable bonds is 7. The Hall–Kier alpha value is -3.10. The summed E-state index contributed by atoms with van der Waals surface area (Å²) in [5, 5.41) is 6.56. The number of hydrazone groups is 1. The molecule has 27 heavy (non-hydrogen) atoms. The second-order valence-electron chi connectivity index (χ2n) is 5.49. The average Bonchev–Trinajstić information content (AvgIpc) is 2.65. The third kappa shape index (κ3) is 5.70. The minimum Gasteiger partial charge on any atom is -0.497 e. The maximum absolute atomic E-state index is 12.8. The number of carbonyl (C=O) groups is 1. The molecule has 1 amide bonds. The zero-order valence-electron chi connectivity index (χ0n) is 14.8. The normalized spacial score (nSPS) is 11.4. The Morgan fingerprint density at radius 3 is 2.52 bits per heavy atom. The van der Waals surface area contributed by atoms with Crippen LogP contribution in [0.5, 0.6) is 5.75 Å². The van der Waals surface area contributed by atoms with Crippen LogP contribution in [-0.4, -0.2) is 30.8 Å². The third-order valence-electron chi connectivity index (χ3n) is 3.47. The summed E-state index contributed by atoms with van der Waals surface area (Å²) in [6.07, 6.45) is -2.52. The molecule has 2 N–H and O–H groups in total. The number of hydrogen-bond acceptors (Lipinski definition) is 5.